The summed E-state index contributed by atoms with van der Waals surface area (Å²) in [7, 11) is 0. The van der Waals surface area contributed by atoms with E-state index in [2.05, 4.69) is 28.4 Å². The van der Waals surface area contributed by atoms with Crippen molar-refractivity contribution in [1.82, 2.24) is 19.7 Å². The van der Waals surface area contributed by atoms with Crippen molar-refractivity contribution in [1.29, 1.82) is 0 Å². The van der Waals surface area contributed by atoms with Crippen LogP contribution in [-0.2, 0) is 11.2 Å². The van der Waals surface area contributed by atoms with Gasteiger partial charge in [-0.25, -0.2) is 0 Å². The maximum atomic E-state index is 12.1. The Morgan fingerprint density at radius 3 is 2.64 bits per heavy atom. The molecule has 2 bridgehead atoms. The first-order valence-electron chi connectivity index (χ1n) is 9.70. The smallest absolute Gasteiger partial charge is 0.127 e. The summed E-state index contributed by atoms with van der Waals surface area (Å²) in [5.74, 6) is 1.74. The van der Waals surface area contributed by atoms with E-state index in [-0.39, 0.29) is 5.92 Å². The van der Waals surface area contributed by atoms with Crippen LogP contribution in [0, 0.1) is 17.8 Å². The molecule has 0 saturated carbocycles. The number of piperidine rings is 3. The molecule has 6 rings (SSSR count). The SMILES string of the molecule is CC(C)n1nc2c3c(cncc31)C(C=O)[C@@H](C1CN3CCC1CC3)C2. The molecule has 3 saturated heterocycles. The van der Waals surface area contributed by atoms with Crippen LogP contribution in [-0.4, -0.2) is 45.6 Å². The fraction of sp³-hybridized carbons (Fsp3) is 0.650. The number of carbonyl (C=O) groups is 1. The van der Waals surface area contributed by atoms with Crippen molar-refractivity contribution in [2.45, 2.75) is 45.1 Å². The summed E-state index contributed by atoms with van der Waals surface area (Å²) in [5, 5.41) is 6.14. The molecule has 2 aromatic rings. The summed E-state index contributed by atoms with van der Waals surface area (Å²) in [5.41, 5.74) is 3.38. The molecule has 2 aromatic heterocycles. The number of aromatic nitrogens is 3. The molecule has 3 aliphatic heterocycles. The van der Waals surface area contributed by atoms with E-state index in [0.717, 1.165) is 30.0 Å². The minimum atomic E-state index is -0.0286. The first kappa shape index (κ1) is 15.5. The zero-order valence-electron chi connectivity index (χ0n) is 15.1. The van der Waals surface area contributed by atoms with Gasteiger partial charge >= 0.3 is 0 Å². The second-order valence-corrected chi connectivity index (χ2v) is 8.44. The van der Waals surface area contributed by atoms with E-state index in [4.69, 9.17) is 5.10 Å². The van der Waals surface area contributed by atoms with Crippen LogP contribution in [0.1, 0.15) is 49.9 Å². The molecule has 5 heteroatoms. The molecule has 0 N–H and O–H groups in total. The summed E-state index contributed by atoms with van der Waals surface area (Å²) in [6.45, 7) is 7.95. The molecule has 25 heavy (non-hydrogen) atoms. The maximum absolute atomic E-state index is 12.1. The lowest BCUT2D eigenvalue weighted by molar-refractivity contribution is -0.111. The molecular formula is C20H26N4O. The molecular weight excluding hydrogens is 312 g/mol. The van der Waals surface area contributed by atoms with Crippen molar-refractivity contribution < 1.29 is 4.79 Å². The Morgan fingerprint density at radius 1 is 1.20 bits per heavy atom. The first-order valence-corrected chi connectivity index (χ1v) is 9.70. The average Bonchev–Trinajstić information content (AvgIpc) is 3.03. The van der Waals surface area contributed by atoms with E-state index in [1.807, 2.05) is 12.4 Å². The predicted molar refractivity (Wildman–Crippen MR) is 96.6 cm³/mol. The summed E-state index contributed by atoms with van der Waals surface area (Å²) in [6, 6.07) is 0.302. The fourth-order valence-corrected chi connectivity index (χ4v) is 5.65. The summed E-state index contributed by atoms with van der Waals surface area (Å²) in [4.78, 5) is 19.2. The lowest BCUT2D eigenvalue weighted by Crippen LogP contribution is -2.51. The normalized spacial score (nSPS) is 34.0. The Balaban J connectivity index is 1.61. The predicted octanol–water partition coefficient (Wildman–Crippen LogP) is 2.81. The monoisotopic (exact) mass is 338 g/mol. The Kier molecular flexibility index (Phi) is 3.49. The van der Waals surface area contributed by atoms with Gasteiger partial charge in [-0.15, -0.1) is 0 Å². The second kappa shape index (κ2) is 5.63. The van der Waals surface area contributed by atoms with E-state index in [9.17, 15) is 4.79 Å². The molecule has 2 unspecified atom stereocenters. The number of nitrogens with zero attached hydrogens (tertiary/aromatic N) is 4. The summed E-state index contributed by atoms with van der Waals surface area (Å²) < 4.78 is 2.09. The van der Waals surface area contributed by atoms with Gasteiger partial charge in [0.1, 0.15) is 6.29 Å². The van der Waals surface area contributed by atoms with E-state index in [1.165, 1.54) is 43.3 Å². The number of carbonyl (C=O) groups excluding carboxylic acids is 1. The van der Waals surface area contributed by atoms with Crippen LogP contribution in [0.4, 0.5) is 0 Å². The van der Waals surface area contributed by atoms with Crippen molar-refractivity contribution in [3.05, 3.63) is 23.7 Å². The zero-order valence-corrected chi connectivity index (χ0v) is 15.1. The van der Waals surface area contributed by atoms with E-state index < -0.39 is 0 Å². The van der Waals surface area contributed by atoms with Crippen molar-refractivity contribution in [2.75, 3.05) is 19.6 Å². The quantitative estimate of drug-likeness (QED) is 0.808. The third-order valence-corrected chi connectivity index (χ3v) is 6.86. The summed E-state index contributed by atoms with van der Waals surface area (Å²) in [6.07, 6.45) is 8.54. The van der Waals surface area contributed by atoms with Crippen LogP contribution in [0.3, 0.4) is 0 Å². The third-order valence-electron chi connectivity index (χ3n) is 6.86. The molecule has 3 fully saturated rings. The van der Waals surface area contributed by atoms with Crippen LogP contribution in [0.15, 0.2) is 12.4 Å². The van der Waals surface area contributed by atoms with Gasteiger partial charge in [0, 0.05) is 30.1 Å². The van der Waals surface area contributed by atoms with Gasteiger partial charge in [-0.2, -0.15) is 5.10 Å². The Hall–Kier alpha value is -1.75. The minimum absolute atomic E-state index is 0.0286. The van der Waals surface area contributed by atoms with Gasteiger partial charge in [0.25, 0.3) is 0 Å². The zero-order chi connectivity index (χ0) is 17.1. The summed E-state index contributed by atoms with van der Waals surface area (Å²) >= 11 is 0. The standard InChI is InChI=1S/C20H26N4O/c1-12(2)24-19-9-21-8-15-17(11-25)14(7-18(22-24)20(15)19)16-10-23-5-3-13(16)4-6-23/h8-9,11-14,16-17H,3-7,10H2,1-2H3/t14-,16?,17?/m1/s1. The average molecular weight is 338 g/mol. The number of hydrogen-bond acceptors (Lipinski definition) is 4. The van der Waals surface area contributed by atoms with E-state index in [0.29, 0.717) is 17.9 Å². The number of hydrogen-bond donors (Lipinski definition) is 0. The van der Waals surface area contributed by atoms with E-state index >= 15 is 0 Å². The number of pyridine rings is 1. The third kappa shape index (κ3) is 2.21. The van der Waals surface area contributed by atoms with Gasteiger partial charge in [0.2, 0.25) is 0 Å². The molecule has 0 radical (unpaired) electrons. The van der Waals surface area contributed by atoms with E-state index in [1.54, 1.807) is 0 Å². The Bertz CT molecular complexity index is 818. The topological polar surface area (TPSA) is 51.0 Å². The highest BCUT2D eigenvalue weighted by Crippen LogP contribution is 2.47. The fourth-order valence-electron chi connectivity index (χ4n) is 5.65. The van der Waals surface area contributed by atoms with Crippen molar-refractivity contribution >= 4 is 17.2 Å². The maximum Gasteiger partial charge on any atom is 0.127 e. The molecule has 5 nitrogen and oxygen atoms in total. The highest BCUT2D eigenvalue weighted by Gasteiger charge is 2.44. The lowest BCUT2D eigenvalue weighted by atomic mass is 9.64. The molecule has 5 heterocycles. The van der Waals surface area contributed by atoms with Gasteiger partial charge in [0.05, 0.1) is 17.4 Å². The molecule has 0 amide bonds. The highest BCUT2D eigenvalue weighted by molar-refractivity contribution is 5.89. The number of aldehydes is 1. The number of rotatable bonds is 3. The molecule has 132 valence electrons. The van der Waals surface area contributed by atoms with Crippen LogP contribution >= 0.6 is 0 Å². The van der Waals surface area contributed by atoms with Gasteiger partial charge in [-0.05, 0) is 69.5 Å². The van der Waals surface area contributed by atoms with Gasteiger partial charge in [-0.1, -0.05) is 0 Å². The molecule has 1 aliphatic carbocycles. The molecule has 3 atom stereocenters. The largest absolute Gasteiger partial charge is 0.303 e. The van der Waals surface area contributed by atoms with Crippen LogP contribution in [0.25, 0.3) is 10.9 Å². The van der Waals surface area contributed by atoms with Gasteiger partial charge < -0.3 is 9.69 Å². The molecule has 4 aliphatic rings. The van der Waals surface area contributed by atoms with Crippen molar-refractivity contribution in [3.8, 4) is 0 Å². The molecule has 0 aromatic carbocycles. The second-order valence-electron chi connectivity index (χ2n) is 8.44. The van der Waals surface area contributed by atoms with Crippen molar-refractivity contribution in [2.24, 2.45) is 17.8 Å². The van der Waals surface area contributed by atoms with Gasteiger partial charge in [0.15, 0.2) is 0 Å². The lowest BCUT2D eigenvalue weighted by Gasteiger charge is -2.49. The van der Waals surface area contributed by atoms with Gasteiger partial charge in [-0.3, -0.25) is 9.67 Å². The van der Waals surface area contributed by atoms with Crippen LogP contribution < -0.4 is 0 Å². The van der Waals surface area contributed by atoms with Crippen LogP contribution in [0.5, 0.6) is 0 Å². The first-order chi connectivity index (χ1) is 12.2. The Labute approximate surface area is 148 Å². The Morgan fingerprint density at radius 2 is 2.00 bits per heavy atom. The minimum Gasteiger partial charge on any atom is -0.303 e. The van der Waals surface area contributed by atoms with Crippen LogP contribution in [0.2, 0.25) is 0 Å². The highest BCUT2D eigenvalue weighted by atomic mass is 16.1. The molecule has 0 spiro atoms. The number of fused-ring (bicyclic) bond motifs is 3. The van der Waals surface area contributed by atoms with Crippen molar-refractivity contribution in [3.63, 3.8) is 0 Å².